The Morgan fingerprint density at radius 2 is 2.10 bits per heavy atom. The summed E-state index contributed by atoms with van der Waals surface area (Å²) < 4.78 is -0.0143. The van der Waals surface area contributed by atoms with E-state index in [1.807, 2.05) is 0 Å². The lowest BCUT2D eigenvalue weighted by Crippen LogP contribution is -2.27. The van der Waals surface area contributed by atoms with Gasteiger partial charge in [0.25, 0.3) is 10.2 Å². The van der Waals surface area contributed by atoms with Crippen molar-refractivity contribution in [3.05, 3.63) is 48.3 Å². The molecule has 0 aliphatic rings. The summed E-state index contributed by atoms with van der Waals surface area (Å²) in [5.74, 6) is -1.27. The van der Waals surface area contributed by atoms with E-state index in [4.69, 9.17) is 17.3 Å². The van der Waals surface area contributed by atoms with Crippen molar-refractivity contribution in [1.82, 2.24) is 4.98 Å². The Kier molecular flexibility index (Phi) is 5.54. The molecule has 1 aromatic heterocycles. The summed E-state index contributed by atoms with van der Waals surface area (Å²) in [5.41, 5.74) is 0.109. The summed E-state index contributed by atoms with van der Waals surface area (Å²) in [4.78, 5) is 42.1. The van der Waals surface area contributed by atoms with Crippen molar-refractivity contribution in [3.8, 4) is 0 Å². The minimum absolute atomic E-state index is 0.0143. The second kappa shape index (κ2) is 7.14. The monoisotopic (exact) mass is 319 g/mol. The first-order valence-corrected chi connectivity index (χ1v) is 5.73. The SMILES string of the molecule is O=C(O)c1cc(CC(CO[N+](=O)[O-])O[N+](=O)[O-])c[nH]c1=S. The van der Waals surface area contributed by atoms with Gasteiger partial charge in [-0.3, -0.25) is 0 Å². The van der Waals surface area contributed by atoms with Crippen molar-refractivity contribution < 1.29 is 29.7 Å². The number of aromatic nitrogens is 1. The maximum atomic E-state index is 10.9. The molecule has 12 heteroatoms. The first-order chi connectivity index (χ1) is 9.79. The number of carboxylic acids is 1. The molecule has 1 rings (SSSR count). The molecule has 11 nitrogen and oxygen atoms in total. The third-order valence-electron chi connectivity index (χ3n) is 2.26. The highest BCUT2D eigenvalue weighted by atomic mass is 32.1. The largest absolute Gasteiger partial charge is 0.478 e. The first-order valence-electron chi connectivity index (χ1n) is 5.33. The predicted octanol–water partition coefficient (Wildman–Crippen LogP) is 0.770. The number of hydrogen-bond acceptors (Lipinski definition) is 8. The van der Waals surface area contributed by atoms with Gasteiger partial charge in [-0.15, -0.1) is 20.2 Å². The molecular formula is C9H9N3O8S. The molecule has 0 radical (unpaired) electrons. The van der Waals surface area contributed by atoms with Crippen LogP contribution in [0.15, 0.2) is 12.3 Å². The molecule has 0 aliphatic carbocycles. The molecule has 0 saturated carbocycles. The van der Waals surface area contributed by atoms with E-state index in [9.17, 15) is 25.0 Å². The van der Waals surface area contributed by atoms with Crippen LogP contribution in [-0.2, 0) is 16.1 Å². The van der Waals surface area contributed by atoms with Crippen LogP contribution in [0.4, 0.5) is 0 Å². The zero-order valence-corrected chi connectivity index (χ0v) is 11.1. The third kappa shape index (κ3) is 5.40. The lowest BCUT2D eigenvalue weighted by molar-refractivity contribution is -0.789. The number of carboxylic acid groups (broad SMARTS) is 1. The fourth-order valence-corrected chi connectivity index (χ4v) is 1.67. The van der Waals surface area contributed by atoms with Crippen LogP contribution in [0.1, 0.15) is 15.9 Å². The molecule has 1 heterocycles. The van der Waals surface area contributed by atoms with Crippen molar-refractivity contribution in [3.63, 3.8) is 0 Å². The molecule has 0 aromatic carbocycles. The maximum Gasteiger partial charge on any atom is 0.338 e. The molecular weight excluding hydrogens is 310 g/mol. The molecule has 21 heavy (non-hydrogen) atoms. The molecule has 0 fully saturated rings. The Balaban J connectivity index is 2.89. The summed E-state index contributed by atoms with van der Waals surface area (Å²) in [6.45, 7) is -0.675. The van der Waals surface area contributed by atoms with Crippen molar-refractivity contribution in [1.29, 1.82) is 0 Å². The number of rotatable bonds is 8. The summed E-state index contributed by atoms with van der Waals surface area (Å²) in [7, 11) is 0. The van der Waals surface area contributed by atoms with Crippen LogP contribution in [0.5, 0.6) is 0 Å². The van der Waals surface area contributed by atoms with Gasteiger partial charge in [0.2, 0.25) is 0 Å². The number of aromatic carboxylic acids is 1. The van der Waals surface area contributed by atoms with Gasteiger partial charge in [0, 0.05) is 12.6 Å². The maximum absolute atomic E-state index is 10.9. The normalized spacial score (nSPS) is 11.4. The van der Waals surface area contributed by atoms with E-state index in [1.165, 1.54) is 12.3 Å². The molecule has 114 valence electrons. The van der Waals surface area contributed by atoms with Gasteiger partial charge < -0.3 is 19.8 Å². The minimum Gasteiger partial charge on any atom is -0.478 e. The third-order valence-corrected chi connectivity index (χ3v) is 2.60. The molecule has 1 unspecified atom stereocenters. The van der Waals surface area contributed by atoms with Crippen molar-refractivity contribution in [2.45, 2.75) is 12.5 Å². The van der Waals surface area contributed by atoms with Crippen LogP contribution in [-0.4, -0.2) is 38.9 Å². The quantitative estimate of drug-likeness (QED) is 0.401. The van der Waals surface area contributed by atoms with Gasteiger partial charge in [0.05, 0.1) is 5.56 Å². The smallest absolute Gasteiger partial charge is 0.338 e. The average Bonchev–Trinajstić information content (AvgIpc) is 2.37. The highest BCUT2D eigenvalue weighted by Crippen LogP contribution is 2.10. The van der Waals surface area contributed by atoms with E-state index in [0.717, 1.165) is 0 Å². The first kappa shape index (κ1) is 16.3. The summed E-state index contributed by atoms with van der Waals surface area (Å²) in [5, 5.41) is 27.1. The number of H-pyrrole nitrogens is 1. The molecule has 0 bridgehead atoms. The van der Waals surface area contributed by atoms with E-state index >= 15 is 0 Å². The zero-order chi connectivity index (χ0) is 16.0. The highest BCUT2D eigenvalue weighted by Gasteiger charge is 2.18. The van der Waals surface area contributed by atoms with Crippen molar-refractivity contribution in [2.75, 3.05) is 6.61 Å². The lowest BCUT2D eigenvalue weighted by Gasteiger charge is -2.13. The Labute approximate surface area is 121 Å². The Morgan fingerprint density at radius 3 is 2.62 bits per heavy atom. The Bertz CT molecular complexity index is 615. The second-order valence-electron chi connectivity index (χ2n) is 3.73. The molecule has 0 amide bonds. The van der Waals surface area contributed by atoms with Crippen LogP contribution < -0.4 is 0 Å². The van der Waals surface area contributed by atoms with Gasteiger partial charge >= 0.3 is 5.97 Å². The average molecular weight is 319 g/mol. The lowest BCUT2D eigenvalue weighted by atomic mass is 10.1. The molecule has 1 aromatic rings. The Hall–Kier alpha value is -2.76. The second-order valence-corrected chi connectivity index (χ2v) is 4.14. The van der Waals surface area contributed by atoms with Gasteiger partial charge in [-0.2, -0.15) is 0 Å². The molecule has 0 saturated heterocycles. The van der Waals surface area contributed by atoms with Gasteiger partial charge in [0.1, 0.15) is 17.4 Å². The molecule has 0 spiro atoms. The van der Waals surface area contributed by atoms with Gasteiger partial charge in [0.15, 0.2) is 0 Å². The number of nitrogens with zero attached hydrogens (tertiary/aromatic N) is 2. The fraction of sp³-hybridized carbons (Fsp3) is 0.333. The Morgan fingerprint density at radius 1 is 1.43 bits per heavy atom. The highest BCUT2D eigenvalue weighted by molar-refractivity contribution is 7.71. The van der Waals surface area contributed by atoms with Crippen molar-refractivity contribution >= 4 is 18.2 Å². The van der Waals surface area contributed by atoms with Gasteiger partial charge in [-0.05, 0) is 11.6 Å². The van der Waals surface area contributed by atoms with E-state index in [0.29, 0.717) is 5.56 Å². The van der Waals surface area contributed by atoms with Crippen LogP contribution in [0.25, 0.3) is 0 Å². The van der Waals surface area contributed by atoms with Crippen molar-refractivity contribution in [2.24, 2.45) is 0 Å². The van der Waals surface area contributed by atoms with E-state index in [2.05, 4.69) is 14.7 Å². The summed E-state index contributed by atoms with van der Waals surface area (Å²) in [6.07, 6.45) is -0.116. The number of aromatic amines is 1. The standard InChI is InChI=1S/C9H9N3O8S/c13-9(14)7-2-5(3-10-8(7)21)1-6(20-12(17)18)4-19-11(15)16/h2-3,6H,1,4H2,(H,10,21)(H,13,14). The minimum atomic E-state index is -1.27. The molecule has 1 atom stereocenters. The molecule has 2 N–H and O–H groups in total. The summed E-state index contributed by atoms with van der Waals surface area (Å²) in [6, 6.07) is 1.20. The van der Waals surface area contributed by atoms with Crippen LogP contribution in [0.2, 0.25) is 0 Å². The molecule has 0 aliphatic heterocycles. The van der Waals surface area contributed by atoms with Crippen LogP contribution in [0.3, 0.4) is 0 Å². The number of nitrogens with one attached hydrogen (secondary N) is 1. The topological polar surface area (TPSA) is 158 Å². The van der Waals surface area contributed by atoms with E-state index in [1.54, 1.807) is 0 Å². The summed E-state index contributed by atoms with van der Waals surface area (Å²) >= 11 is 4.77. The number of hydrogen-bond donors (Lipinski definition) is 2. The van der Waals surface area contributed by atoms with E-state index in [-0.39, 0.29) is 16.6 Å². The fourth-order valence-electron chi connectivity index (χ4n) is 1.46. The zero-order valence-electron chi connectivity index (χ0n) is 10.3. The number of carbonyl (C=O) groups is 1. The predicted molar refractivity (Wildman–Crippen MR) is 67.1 cm³/mol. The van der Waals surface area contributed by atoms with Crippen LogP contribution in [0, 0.1) is 24.9 Å². The van der Waals surface area contributed by atoms with Gasteiger partial charge in [-0.25, -0.2) is 4.79 Å². The van der Waals surface area contributed by atoms with Gasteiger partial charge in [-0.1, -0.05) is 12.2 Å². The van der Waals surface area contributed by atoms with E-state index < -0.39 is 28.9 Å². The van der Waals surface area contributed by atoms with Crippen LogP contribution >= 0.6 is 12.2 Å². The number of pyridine rings is 1.